The van der Waals surface area contributed by atoms with Crippen molar-refractivity contribution in [3.05, 3.63) is 35.4 Å². The lowest BCUT2D eigenvalue weighted by Gasteiger charge is -2.32. The van der Waals surface area contributed by atoms with Gasteiger partial charge in [0.15, 0.2) is 9.84 Å². The molecule has 0 amide bonds. The van der Waals surface area contributed by atoms with E-state index < -0.39 is 15.8 Å². The Kier molecular flexibility index (Phi) is 5.90. The monoisotopic (exact) mass is 466 g/mol. The molecule has 0 bridgehead atoms. The van der Waals surface area contributed by atoms with Crippen molar-refractivity contribution in [1.29, 1.82) is 0 Å². The van der Waals surface area contributed by atoms with Gasteiger partial charge < -0.3 is 9.80 Å². The van der Waals surface area contributed by atoms with E-state index in [4.69, 9.17) is 0 Å². The largest absolute Gasteiger partial charge is 0.303 e. The fourth-order valence-electron chi connectivity index (χ4n) is 6.50. The summed E-state index contributed by atoms with van der Waals surface area (Å²) in [6.45, 7) is 7.45. The molecule has 4 nitrogen and oxygen atoms in total. The molecule has 0 spiro atoms. The van der Waals surface area contributed by atoms with Crippen molar-refractivity contribution in [1.82, 2.24) is 9.80 Å². The van der Waals surface area contributed by atoms with Crippen LogP contribution in [-0.4, -0.2) is 68.7 Å². The van der Waals surface area contributed by atoms with E-state index in [1.54, 1.807) is 0 Å². The molecule has 4 aliphatic rings. The van der Waals surface area contributed by atoms with Gasteiger partial charge in [0.05, 0.1) is 11.0 Å². The highest BCUT2D eigenvalue weighted by atomic mass is 32.2. The van der Waals surface area contributed by atoms with E-state index in [1.807, 2.05) is 12.1 Å². The van der Waals surface area contributed by atoms with Crippen molar-refractivity contribution in [2.75, 3.05) is 39.3 Å². The number of alkyl halides is 2. The van der Waals surface area contributed by atoms with Crippen molar-refractivity contribution >= 4 is 9.84 Å². The second-order valence-corrected chi connectivity index (χ2v) is 12.9. The Labute approximate surface area is 191 Å². The number of rotatable bonds is 9. The molecule has 2 aliphatic carbocycles. The van der Waals surface area contributed by atoms with Gasteiger partial charge in [0, 0.05) is 44.4 Å². The minimum absolute atomic E-state index is 0.000896. The summed E-state index contributed by atoms with van der Waals surface area (Å²) in [6, 6.07) is 8.37. The summed E-state index contributed by atoms with van der Waals surface area (Å²) in [6.07, 6.45) is 3.79. The van der Waals surface area contributed by atoms with Gasteiger partial charge in [-0.15, -0.1) is 0 Å². The molecule has 3 atom stereocenters. The van der Waals surface area contributed by atoms with Gasteiger partial charge in [-0.05, 0) is 61.7 Å². The van der Waals surface area contributed by atoms with Crippen molar-refractivity contribution in [3.63, 3.8) is 0 Å². The van der Waals surface area contributed by atoms with Gasteiger partial charge >= 0.3 is 0 Å². The minimum Gasteiger partial charge on any atom is -0.303 e. The number of hydrogen-bond acceptors (Lipinski definition) is 4. The van der Waals surface area contributed by atoms with E-state index in [1.165, 1.54) is 5.56 Å². The third-order valence-corrected chi connectivity index (χ3v) is 10.8. The molecule has 2 saturated heterocycles. The second kappa shape index (κ2) is 8.31. The average Bonchev–Trinajstić information content (AvgIpc) is 3.66. The third-order valence-electron chi connectivity index (χ3n) is 8.60. The van der Waals surface area contributed by atoms with Crippen LogP contribution in [0.4, 0.5) is 8.78 Å². The highest BCUT2D eigenvalue weighted by Gasteiger charge is 2.67. The number of halogens is 2. The van der Waals surface area contributed by atoms with E-state index in [0.29, 0.717) is 24.9 Å². The van der Waals surface area contributed by atoms with Crippen molar-refractivity contribution in [2.24, 2.45) is 11.8 Å². The SMILES string of the molecule is CCC1(c2cccc(CS(=O)(=O)C3CC3)c2)[C@@H]2CN(CCCN3CCC(F)(F)CC3)C[C@@H]21. The van der Waals surface area contributed by atoms with Gasteiger partial charge in [-0.1, -0.05) is 31.2 Å². The van der Waals surface area contributed by atoms with Gasteiger partial charge in [0.1, 0.15) is 0 Å². The van der Waals surface area contributed by atoms with E-state index in [2.05, 4.69) is 28.9 Å². The molecule has 4 fully saturated rings. The molecule has 1 aromatic carbocycles. The van der Waals surface area contributed by atoms with Crippen molar-refractivity contribution in [2.45, 2.75) is 67.8 Å². The first-order valence-electron chi connectivity index (χ1n) is 12.4. The van der Waals surface area contributed by atoms with Crippen LogP contribution >= 0.6 is 0 Å². The maximum Gasteiger partial charge on any atom is 0.250 e. The molecule has 0 aromatic heterocycles. The lowest BCUT2D eigenvalue weighted by Crippen LogP contribution is -2.40. The maximum atomic E-state index is 13.3. The molecule has 178 valence electrons. The summed E-state index contributed by atoms with van der Waals surface area (Å²) < 4.78 is 51.5. The Morgan fingerprint density at radius 1 is 1.03 bits per heavy atom. The number of sulfone groups is 1. The van der Waals surface area contributed by atoms with Crippen LogP contribution in [0.25, 0.3) is 0 Å². The van der Waals surface area contributed by atoms with Gasteiger partial charge in [-0.2, -0.15) is 0 Å². The number of fused-ring (bicyclic) bond motifs is 1. The molecule has 5 rings (SSSR count). The number of likely N-dealkylation sites (tertiary alicyclic amines) is 2. The van der Waals surface area contributed by atoms with Gasteiger partial charge in [-0.25, -0.2) is 17.2 Å². The number of piperidine rings is 2. The summed E-state index contributed by atoms with van der Waals surface area (Å²) in [4.78, 5) is 4.73. The Morgan fingerprint density at radius 2 is 1.69 bits per heavy atom. The highest BCUT2D eigenvalue weighted by molar-refractivity contribution is 7.91. The topological polar surface area (TPSA) is 40.6 Å². The van der Waals surface area contributed by atoms with Gasteiger partial charge in [0.25, 0.3) is 5.92 Å². The molecule has 2 heterocycles. The zero-order chi connectivity index (χ0) is 22.6. The molecule has 32 heavy (non-hydrogen) atoms. The summed E-state index contributed by atoms with van der Waals surface area (Å²) in [5.41, 5.74) is 2.47. The summed E-state index contributed by atoms with van der Waals surface area (Å²) >= 11 is 0. The van der Waals surface area contributed by atoms with Crippen LogP contribution in [-0.2, 0) is 21.0 Å². The van der Waals surface area contributed by atoms with Crippen LogP contribution in [0.15, 0.2) is 24.3 Å². The predicted molar refractivity (Wildman–Crippen MR) is 123 cm³/mol. The van der Waals surface area contributed by atoms with Crippen LogP contribution in [0.3, 0.4) is 0 Å². The zero-order valence-corrected chi connectivity index (χ0v) is 19.9. The Morgan fingerprint density at radius 3 is 2.31 bits per heavy atom. The summed E-state index contributed by atoms with van der Waals surface area (Å²) in [5.74, 6) is -0.988. The quantitative estimate of drug-likeness (QED) is 0.550. The van der Waals surface area contributed by atoms with E-state index in [-0.39, 0.29) is 29.3 Å². The summed E-state index contributed by atoms with van der Waals surface area (Å²) in [7, 11) is -3.00. The van der Waals surface area contributed by atoms with E-state index in [9.17, 15) is 17.2 Å². The van der Waals surface area contributed by atoms with Crippen LogP contribution < -0.4 is 0 Å². The molecule has 2 saturated carbocycles. The molecule has 1 unspecified atom stereocenters. The van der Waals surface area contributed by atoms with Crippen LogP contribution in [0.1, 0.15) is 56.6 Å². The second-order valence-electron chi connectivity index (χ2n) is 10.6. The van der Waals surface area contributed by atoms with Crippen LogP contribution in [0, 0.1) is 11.8 Å². The first kappa shape index (κ1) is 22.7. The van der Waals surface area contributed by atoms with Crippen LogP contribution in [0.2, 0.25) is 0 Å². The van der Waals surface area contributed by atoms with Crippen molar-refractivity contribution < 1.29 is 17.2 Å². The average molecular weight is 467 g/mol. The fourth-order valence-corrected chi connectivity index (χ4v) is 8.24. The molecule has 1 aromatic rings. The summed E-state index contributed by atoms with van der Waals surface area (Å²) in [5, 5.41) is -0.110. The van der Waals surface area contributed by atoms with Gasteiger partial charge in [0.2, 0.25) is 0 Å². The Balaban J connectivity index is 1.14. The molecule has 0 radical (unpaired) electrons. The first-order chi connectivity index (χ1) is 15.2. The standard InChI is InChI=1S/C25H36F2N2O2S/c1-2-25(20-6-3-5-19(15-20)18-32(30,31)21-7-8-21)22-16-29(17-23(22)25)12-4-11-28-13-9-24(26,27)10-14-28/h3,5-6,15,21-23H,2,4,7-14,16-18H2,1H3/t22-,23+,25?. The molecule has 0 N–H and O–H groups in total. The highest BCUT2D eigenvalue weighted by Crippen LogP contribution is 2.65. The Hall–Kier alpha value is -1.05. The number of hydrogen-bond donors (Lipinski definition) is 0. The van der Waals surface area contributed by atoms with Crippen molar-refractivity contribution in [3.8, 4) is 0 Å². The van der Waals surface area contributed by atoms with Crippen LogP contribution in [0.5, 0.6) is 0 Å². The van der Waals surface area contributed by atoms with E-state index in [0.717, 1.165) is 57.4 Å². The molecule has 7 heteroatoms. The molecule has 2 aliphatic heterocycles. The Bertz CT molecular complexity index is 925. The van der Waals surface area contributed by atoms with Gasteiger partial charge in [-0.3, -0.25) is 0 Å². The first-order valence-corrected chi connectivity index (χ1v) is 14.1. The lowest BCUT2D eigenvalue weighted by molar-refractivity contribution is -0.0553. The molecular weight excluding hydrogens is 430 g/mol. The minimum atomic E-state index is -3.00. The normalized spacial score (nSPS) is 32.7. The maximum absolute atomic E-state index is 13.3. The lowest BCUT2D eigenvalue weighted by atomic mass is 9.86. The zero-order valence-electron chi connectivity index (χ0n) is 19.1. The van der Waals surface area contributed by atoms with E-state index >= 15 is 0 Å². The molecular formula is C25H36F2N2O2S. The smallest absolute Gasteiger partial charge is 0.250 e. The predicted octanol–water partition coefficient (Wildman–Crippen LogP) is 4.09. The number of nitrogens with zero attached hydrogens (tertiary/aromatic N) is 2. The fraction of sp³-hybridized carbons (Fsp3) is 0.760. The third kappa shape index (κ3) is 4.37. The number of benzene rings is 1.